The molecule has 0 fully saturated rings. The van der Waals surface area contributed by atoms with E-state index in [2.05, 4.69) is 26.2 Å². The zero-order chi connectivity index (χ0) is 14.0. The van der Waals surface area contributed by atoms with Gasteiger partial charge in [0.25, 0.3) is 0 Å². The number of carbonyl (C=O) groups is 1. The van der Waals surface area contributed by atoms with Crippen LogP contribution in [0.1, 0.15) is 29.9 Å². The van der Waals surface area contributed by atoms with Gasteiger partial charge in [-0.25, -0.2) is 4.68 Å². The van der Waals surface area contributed by atoms with Crippen molar-refractivity contribution in [2.24, 2.45) is 0 Å². The van der Waals surface area contributed by atoms with Crippen molar-refractivity contribution in [3.05, 3.63) is 46.2 Å². The molecular weight excluding hydrogens is 310 g/mol. The van der Waals surface area contributed by atoms with Crippen LogP contribution in [0.3, 0.4) is 0 Å². The molecule has 0 aliphatic carbocycles. The van der Waals surface area contributed by atoms with Gasteiger partial charge in [-0.15, -0.1) is 5.10 Å². The van der Waals surface area contributed by atoms with E-state index < -0.39 is 5.60 Å². The van der Waals surface area contributed by atoms with Crippen LogP contribution in [0.2, 0.25) is 0 Å². The Hall–Kier alpha value is -1.53. The Morgan fingerprint density at radius 1 is 1.37 bits per heavy atom. The van der Waals surface area contributed by atoms with Gasteiger partial charge in [-0.1, -0.05) is 33.3 Å². The van der Waals surface area contributed by atoms with Gasteiger partial charge in [-0.2, -0.15) is 0 Å². The average Bonchev–Trinajstić information content (AvgIpc) is 2.78. The molecule has 1 aromatic carbocycles. The van der Waals surface area contributed by atoms with E-state index in [0.717, 1.165) is 4.47 Å². The summed E-state index contributed by atoms with van der Waals surface area (Å²) in [7, 11) is 0. The summed E-state index contributed by atoms with van der Waals surface area (Å²) in [4.78, 5) is 12.0. The summed E-state index contributed by atoms with van der Waals surface area (Å²) in [6.07, 6.45) is 1.58. The van der Waals surface area contributed by atoms with Crippen molar-refractivity contribution in [1.82, 2.24) is 15.0 Å². The van der Waals surface area contributed by atoms with Gasteiger partial charge in [0.2, 0.25) is 0 Å². The molecule has 0 saturated heterocycles. The molecule has 6 heteroatoms. The Bertz CT molecular complexity index is 585. The molecule has 0 radical (unpaired) electrons. The van der Waals surface area contributed by atoms with Crippen LogP contribution in [0.5, 0.6) is 0 Å². The molecule has 0 unspecified atom stereocenters. The second-order valence-corrected chi connectivity index (χ2v) is 5.71. The summed E-state index contributed by atoms with van der Waals surface area (Å²) in [5.41, 5.74) is -0.00144. The largest absolute Gasteiger partial charge is 0.384 e. The number of nitrogens with zero attached hydrogens (tertiary/aromatic N) is 3. The van der Waals surface area contributed by atoms with E-state index in [1.54, 1.807) is 32.2 Å². The minimum atomic E-state index is -1.06. The van der Waals surface area contributed by atoms with Crippen molar-refractivity contribution in [1.29, 1.82) is 0 Å². The molecule has 1 N–H and O–H groups in total. The van der Waals surface area contributed by atoms with Gasteiger partial charge in [-0.05, 0) is 26.0 Å². The van der Waals surface area contributed by atoms with Crippen LogP contribution in [0.25, 0.3) is 0 Å². The molecule has 2 aromatic rings. The van der Waals surface area contributed by atoms with Crippen molar-refractivity contribution < 1.29 is 9.90 Å². The quantitative estimate of drug-likeness (QED) is 0.875. The molecule has 0 amide bonds. The van der Waals surface area contributed by atoms with Gasteiger partial charge in [0, 0.05) is 10.0 Å². The lowest BCUT2D eigenvalue weighted by Crippen LogP contribution is -2.16. The molecule has 0 aliphatic rings. The number of rotatable bonds is 4. The van der Waals surface area contributed by atoms with Gasteiger partial charge in [0.15, 0.2) is 5.78 Å². The first-order chi connectivity index (χ1) is 8.86. The lowest BCUT2D eigenvalue weighted by atomic mass is 10.1. The first-order valence-electron chi connectivity index (χ1n) is 5.78. The van der Waals surface area contributed by atoms with Crippen molar-refractivity contribution in [2.45, 2.75) is 26.0 Å². The number of ketones is 1. The molecule has 0 atom stereocenters. The monoisotopic (exact) mass is 323 g/mol. The SMILES string of the molecule is CC(C)(O)c1cn(CC(=O)c2ccc(Br)cc2)nn1. The van der Waals surface area contributed by atoms with E-state index in [-0.39, 0.29) is 12.3 Å². The lowest BCUT2D eigenvalue weighted by molar-refractivity contribution is 0.0736. The van der Waals surface area contributed by atoms with E-state index in [9.17, 15) is 9.90 Å². The molecule has 0 saturated carbocycles. The van der Waals surface area contributed by atoms with Crippen LogP contribution in [0.4, 0.5) is 0 Å². The average molecular weight is 324 g/mol. The summed E-state index contributed by atoms with van der Waals surface area (Å²) < 4.78 is 2.35. The van der Waals surface area contributed by atoms with Crippen LogP contribution >= 0.6 is 15.9 Å². The first kappa shape index (κ1) is 13.9. The maximum Gasteiger partial charge on any atom is 0.184 e. The van der Waals surface area contributed by atoms with E-state index in [1.807, 2.05) is 12.1 Å². The molecule has 1 aromatic heterocycles. The highest BCUT2D eigenvalue weighted by molar-refractivity contribution is 9.10. The lowest BCUT2D eigenvalue weighted by Gasteiger charge is -2.11. The number of hydrogen-bond acceptors (Lipinski definition) is 4. The third-order valence-corrected chi connectivity index (χ3v) is 3.17. The third kappa shape index (κ3) is 3.48. The minimum Gasteiger partial charge on any atom is -0.384 e. The summed E-state index contributed by atoms with van der Waals surface area (Å²) in [5.74, 6) is -0.0558. The minimum absolute atomic E-state index is 0.0558. The molecule has 2 rings (SSSR count). The fourth-order valence-corrected chi connectivity index (χ4v) is 1.79. The van der Waals surface area contributed by atoms with Gasteiger partial charge < -0.3 is 5.11 Å². The number of aliphatic hydroxyl groups is 1. The first-order valence-corrected chi connectivity index (χ1v) is 6.57. The maximum absolute atomic E-state index is 12.0. The molecule has 19 heavy (non-hydrogen) atoms. The van der Waals surface area contributed by atoms with Crippen LogP contribution < -0.4 is 0 Å². The fourth-order valence-electron chi connectivity index (χ4n) is 1.53. The van der Waals surface area contributed by atoms with Crippen LogP contribution in [-0.4, -0.2) is 25.9 Å². The van der Waals surface area contributed by atoms with E-state index in [1.165, 1.54) is 4.68 Å². The summed E-state index contributed by atoms with van der Waals surface area (Å²) in [6.45, 7) is 3.35. The normalized spacial score (nSPS) is 11.6. The summed E-state index contributed by atoms with van der Waals surface area (Å²) in [5, 5.41) is 17.5. The topological polar surface area (TPSA) is 68.0 Å². The summed E-state index contributed by atoms with van der Waals surface area (Å²) in [6, 6.07) is 7.13. The highest BCUT2D eigenvalue weighted by Crippen LogP contribution is 2.16. The molecule has 0 spiro atoms. The van der Waals surface area contributed by atoms with Gasteiger partial charge in [0.1, 0.15) is 17.8 Å². The van der Waals surface area contributed by atoms with Gasteiger partial charge in [-0.3, -0.25) is 4.79 Å². The second kappa shape index (κ2) is 5.22. The van der Waals surface area contributed by atoms with E-state index in [4.69, 9.17) is 0 Å². The Morgan fingerprint density at radius 2 is 2.00 bits per heavy atom. The number of benzene rings is 1. The molecule has 0 bridgehead atoms. The Kier molecular flexibility index (Phi) is 3.82. The van der Waals surface area contributed by atoms with Crippen LogP contribution in [-0.2, 0) is 12.1 Å². The van der Waals surface area contributed by atoms with E-state index >= 15 is 0 Å². The molecule has 5 nitrogen and oxygen atoms in total. The molecule has 1 heterocycles. The Balaban J connectivity index is 2.11. The van der Waals surface area contributed by atoms with Gasteiger partial charge in [0.05, 0.1) is 6.20 Å². The standard InChI is InChI=1S/C13H14BrN3O2/c1-13(2,19)12-8-17(16-15-12)7-11(18)9-3-5-10(14)6-4-9/h3-6,8,19H,7H2,1-2H3. The molecule has 100 valence electrons. The van der Waals surface area contributed by atoms with Crippen molar-refractivity contribution in [2.75, 3.05) is 0 Å². The summed E-state index contributed by atoms with van der Waals surface area (Å²) >= 11 is 3.32. The highest BCUT2D eigenvalue weighted by Gasteiger charge is 2.20. The number of Topliss-reactive ketones (excluding diaryl/α,β-unsaturated/α-hetero) is 1. The zero-order valence-corrected chi connectivity index (χ0v) is 12.3. The predicted molar refractivity (Wildman–Crippen MR) is 73.7 cm³/mol. The third-order valence-electron chi connectivity index (χ3n) is 2.64. The molecule has 0 aliphatic heterocycles. The van der Waals surface area contributed by atoms with Crippen molar-refractivity contribution in [3.8, 4) is 0 Å². The van der Waals surface area contributed by atoms with Crippen molar-refractivity contribution in [3.63, 3.8) is 0 Å². The maximum atomic E-state index is 12.0. The van der Waals surface area contributed by atoms with Crippen LogP contribution in [0.15, 0.2) is 34.9 Å². The van der Waals surface area contributed by atoms with Gasteiger partial charge >= 0.3 is 0 Å². The fraction of sp³-hybridized carbons (Fsp3) is 0.308. The number of halogens is 1. The van der Waals surface area contributed by atoms with Crippen molar-refractivity contribution >= 4 is 21.7 Å². The zero-order valence-electron chi connectivity index (χ0n) is 10.7. The number of hydrogen-bond donors (Lipinski definition) is 1. The predicted octanol–water partition coefficient (Wildman–Crippen LogP) is 2.15. The number of carbonyl (C=O) groups excluding carboxylic acids is 1. The molecular formula is C13H14BrN3O2. The second-order valence-electron chi connectivity index (χ2n) is 4.79. The van der Waals surface area contributed by atoms with Crippen LogP contribution in [0, 0.1) is 0 Å². The highest BCUT2D eigenvalue weighted by atomic mass is 79.9. The Labute approximate surface area is 119 Å². The number of aromatic nitrogens is 3. The smallest absolute Gasteiger partial charge is 0.184 e. The van der Waals surface area contributed by atoms with E-state index in [0.29, 0.717) is 11.3 Å². The Morgan fingerprint density at radius 3 is 2.53 bits per heavy atom.